The number of carbonyl (C=O) groups excluding carboxylic acids is 1. The number of rotatable bonds is 2. The van der Waals surface area contributed by atoms with Gasteiger partial charge in [0, 0.05) is 35.5 Å². The van der Waals surface area contributed by atoms with Crippen LogP contribution in [0.2, 0.25) is 0 Å². The van der Waals surface area contributed by atoms with Gasteiger partial charge in [-0.1, -0.05) is 0 Å². The first-order valence-corrected chi connectivity index (χ1v) is 7.63. The van der Waals surface area contributed by atoms with E-state index in [9.17, 15) is 4.79 Å². The van der Waals surface area contributed by atoms with Crippen LogP contribution < -0.4 is 4.74 Å². The predicted molar refractivity (Wildman–Crippen MR) is 87.5 cm³/mol. The maximum absolute atomic E-state index is 12.6. The standard InChI is InChI=1S/C18H17N3O2/c1-23-13-4-5-16-15(9-13)14-6-8-21(11-17(14)20-16)18(22)12-3-2-7-19-10-12/h2-5,7,9-10,20H,6,8,11H2,1H3. The van der Waals surface area contributed by atoms with Crippen LogP contribution in [0.5, 0.6) is 5.75 Å². The second kappa shape index (κ2) is 5.43. The van der Waals surface area contributed by atoms with E-state index in [2.05, 4.69) is 16.0 Å². The number of nitrogens with zero attached hydrogens (tertiary/aromatic N) is 2. The van der Waals surface area contributed by atoms with Gasteiger partial charge in [0.1, 0.15) is 5.75 Å². The minimum absolute atomic E-state index is 0.0278. The summed E-state index contributed by atoms with van der Waals surface area (Å²) in [5.74, 6) is 0.883. The summed E-state index contributed by atoms with van der Waals surface area (Å²) >= 11 is 0. The van der Waals surface area contributed by atoms with Crippen molar-refractivity contribution in [1.82, 2.24) is 14.9 Å². The Morgan fingerprint density at radius 1 is 1.35 bits per heavy atom. The molecule has 1 N–H and O–H groups in total. The minimum Gasteiger partial charge on any atom is -0.497 e. The van der Waals surface area contributed by atoms with Gasteiger partial charge in [-0.05, 0) is 42.3 Å². The molecule has 4 rings (SSSR count). The Morgan fingerprint density at radius 2 is 2.26 bits per heavy atom. The van der Waals surface area contributed by atoms with Crippen molar-refractivity contribution >= 4 is 16.8 Å². The van der Waals surface area contributed by atoms with Gasteiger partial charge in [0.2, 0.25) is 0 Å². The van der Waals surface area contributed by atoms with Gasteiger partial charge >= 0.3 is 0 Å². The van der Waals surface area contributed by atoms with Crippen molar-refractivity contribution in [2.75, 3.05) is 13.7 Å². The molecule has 0 saturated heterocycles. The first-order chi connectivity index (χ1) is 11.3. The molecule has 3 aromatic rings. The molecule has 5 nitrogen and oxygen atoms in total. The van der Waals surface area contributed by atoms with Crippen molar-refractivity contribution in [1.29, 1.82) is 0 Å². The molecule has 1 amide bonds. The second-order valence-corrected chi connectivity index (χ2v) is 5.71. The third kappa shape index (κ3) is 2.34. The molecule has 0 spiro atoms. The molecule has 5 heteroatoms. The van der Waals surface area contributed by atoms with E-state index in [4.69, 9.17) is 4.74 Å². The smallest absolute Gasteiger partial charge is 0.255 e. The Balaban J connectivity index is 1.66. The maximum atomic E-state index is 12.6. The number of nitrogens with one attached hydrogen (secondary N) is 1. The Kier molecular flexibility index (Phi) is 3.26. The van der Waals surface area contributed by atoms with Crippen LogP contribution in [0.3, 0.4) is 0 Å². The molecule has 0 fully saturated rings. The van der Waals surface area contributed by atoms with E-state index in [1.54, 1.807) is 31.6 Å². The number of H-pyrrole nitrogens is 1. The van der Waals surface area contributed by atoms with E-state index in [0.717, 1.165) is 23.4 Å². The highest BCUT2D eigenvalue weighted by Gasteiger charge is 2.24. The van der Waals surface area contributed by atoms with Crippen LogP contribution in [0.15, 0.2) is 42.7 Å². The third-order valence-electron chi connectivity index (χ3n) is 4.38. The van der Waals surface area contributed by atoms with Crippen LogP contribution in [-0.4, -0.2) is 34.4 Å². The lowest BCUT2D eigenvalue weighted by Gasteiger charge is -2.27. The van der Waals surface area contributed by atoms with Gasteiger partial charge in [0.15, 0.2) is 0 Å². The average molecular weight is 307 g/mol. The number of carbonyl (C=O) groups is 1. The lowest BCUT2D eigenvalue weighted by atomic mass is 10.0. The van der Waals surface area contributed by atoms with Gasteiger partial charge in [0.25, 0.3) is 5.91 Å². The van der Waals surface area contributed by atoms with Crippen LogP contribution in [0.25, 0.3) is 10.9 Å². The molecule has 1 aliphatic rings. The molecule has 0 bridgehead atoms. The van der Waals surface area contributed by atoms with E-state index >= 15 is 0 Å². The highest BCUT2D eigenvalue weighted by molar-refractivity contribution is 5.94. The highest BCUT2D eigenvalue weighted by Crippen LogP contribution is 2.30. The number of aromatic amines is 1. The lowest BCUT2D eigenvalue weighted by molar-refractivity contribution is 0.0732. The summed E-state index contributed by atoms with van der Waals surface area (Å²) in [7, 11) is 1.68. The monoisotopic (exact) mass is 307 g/mol. The molecule has 1 aromatic carbocycles. The molecule has 0 unspecified atom stereocenters. The topological polar surface area (TPSA) is 58.2 Å². The second-order valence-electron chi connectivity index (χ2n) is 5.71. The molecular formula is C18H17N3O2. The van der Waals surface area contributed by atoms with Crippen molar-refractivity contribution in [2.45, 2.75) is 13.0 Å². The van der Waals surface area contributed by atoms with Gasteiger partial charge in [-0.2, -0.15) is 0 Å². The van der Waals surface area contributed by atoms with Gasteiger partial charge in [-0.3, -0.25) is 9.78 Å². The Labute approximate surface area is 133 Å². The molecule has 116 valence electrons. The van der Waals surface area contributed by atoms with Crippen molar-refractivity contribution in [3.63, 3.8) is 0 Å². The average Bonchev–Trinajstić information content (AvgIpc) is 2.98. The van der Waals surface area contributed by atoms with Crippen LogP contribution >= 0.6 is 0 Å². The molecule has 1 aliphatic heterocycles. The molecule has 3 heterocycles. The number of aromatic nitrogens is 2. The van der Waals surface area contributed by atoms with Crippen molar-refractivity contribution in [3.8, 4) is 5.75 Å². The first kappa shape index (κ1) is 13.8. The Bertz CT molecular complexity index is 871. The zero-order chi connectivity index (χ0) is 15.8. The van der Waals surface area contributed by atoms with Crippen LogP contribution in [-0.2, 0) is 13.0 Å². The van der Waals surface area contributed by atoms with E-state index in [1.807, 2.05) is 17.0 Å². The number of amides is 1. The number of fused-ring (bicyclic) bond motifs is 3. The van der Waals surface area contributed by atoms with Gasteiger partial charge in [-0.15, -0.1) is 0 Å². The highest BCUT2D eigenvalue weighted by atomic mass is 16.5. The van der Waals surface area contributed by atoms with Crippen molar-refractivity contribution in [3.05, 3.63) is 59.5 Å². The Hall–Kier alpha value is -2.82. The summed E-state index contributed by atoms with van der Waals surface area (Å²) in [4.78, 5) is 21.9. The molecule has 0 atom stereocenters. The lowest BCUT2D eigenvalue weighted by Crippen LogP contribution is -2.35. The SMILES string of the molecule is COc1ccc2[nH]c3c(c2c1)CCN(C(=O)c1cccnc1)C3. The van der Waals surface area contributed by atoms with Crippen LogP contribution in [0.1, 0.15) is 21.6 Å². The van der Waals surface area contributed by atoms with Gasteiger partial charge in [0.05, 0.1) is 19.2 Å². The molecule has 0 aliphatic carbocycles. The summed E-state index contributed by atoms with van der Waals surface area (Å²) in [5.41, 5.74) is 4.12. The Morgan fingerprint density at radius 3 is 3.04 bits per heavy atom. The number of hydrogen-bond donors (Lipinski definition) is 1. The van der Waals surface area contributed by atoms with Gasteiger partial charge in [-0.25, -0.2) is 0 Å². The molecule has 0 saturated carbocycles. The summed E-state index contributed by atoms with van der Waals surface area (Å²) < 4.78 is 5.31. The number of benzene rings is 1. The van der Waals surface area contributed by atoms with Crippen LogP contribution in [0.4, 0.5) is 0 Å². The first-order valence-electron chi connectivity index (χ1n) is 7.63. The normalized spacial score (nSPS) is 13.9. The fraction of sp³-hybridized carbons (Fsp3) is 0.222. The number of hydrogen-bond acceptors (Lipinski definition) is 3. The molecule has 2 aromatic heterocycles. The minimum atomic E-state index is 0.0278. The number of methoxy groups -OCH3 is 1. The van der Waals surface area contributed by atoms with E-state index in [0.29, 0.717) is 18.7 Å². The van der Waals surface area contributed by atoms with Crippen molar-refractivity contribution in [2.24, 2.45) is 0 Å². The molecule has 23 heavy (non-hydrogen) atoms. The summed E-state index contributed by atoms with van der Waals surface area (Å²) in [5, 5.41) is 1.19. The quantitative estimate of drug-likeness (QED) is 0.792. The third-order valence-corrected chi connectivity index (χ3v) is 4.38. The van der Waals surface area contributed by atoms with E-state index in [-0.39, 0.29) is 5.91 Å². The molecule has 0 radical (unpaired) electrons. The van der Waals surface area contributed by atoms with Crippen LogP contribution in [0, 0.1) is 0 Å². The zero-order valence-electron chi connectivity index (χ0n) is 12.9. The van der Waals surface area contributed by atoms with Crippen molar-refractivity contribution < 1.29 is 9.53 Å². The number of ether oxygens (including phenoxy) is 1. The summed E-state index contributed by atoms with van der Waals surface area (Å²) in [6, 6.07) is 9.63. The molecular weight excluding hydrogens is 290 g/mol. The largest absolute Gasteiger partial charge is 0.497 e. The number of pyridine rings is 1. The van der Waals surface area contributed by atoms with Gasteiger partial charge < -0.3 is 14.6 Å². The summed E-state index contributed by atoms with van der Waals surface area (Å²) in [6.07, 6.45) is 4.14. The predicted octanol–water partition coefficient (Wildman–Crippen LogP) is 2.77. The summed E-state index contributed by atoms with van der Waals surface area (Å²) in [6.45, 7) is 1.31. The van der Waals surface area contributed by atoms with E-state index < -0.39 is 0 Å². The van der Waals surface area contributed by atoms with E-state index in [1.165, 1.54) is 10.9 Å². The maximum Gasteiger partial charge on any atom is 0.255 e. The fourth-order valence-corrected chi connectivity index (χ4v) is 3.19. The zero-order valence-corrected chi connectivity index (χ0v) is 12.9. The fourth-order valence-electron chi connectivity index (χ4n) is 3.19.